The lowest BCUT2D eigenvalue weighted by Crippen LogP contribution is -2.11. The molecule has 0 aliphatic carbocycles. The van der Waals surface area contributed by atoms with Gasteiger partial charge in [-0.1, -0.05) is 57.2 Å². The summed E-state index contributed by atoms with van der Waals surface area (Å²) in [5, 5.41) is 9.86. The van der Waals surface area contributed by atoms with Crippen LogP contribution in [0.1, 0.15) is 39.3 Å². The van der Waals surface area contributed by atoms with Crippen LogP contribution in [0.3, 0.4) is 0 Å². The van der Waals surface area contributed by atoms with E-state index in [-0.39, 0.29) is 17.0 Å². The Morgan fingerprint density at radius 3 is 2.46 bits per heavy atom. The average molecular weight is 323 g/mol. The molecule has 2 aromatic rings. The van der Waals surface area contributed by atoms with Crippen LogP contribution in [-0.2, 0) is 11.2 Å². The summed E-state index contributed by atoms with van der Waals surface area (Å²) in [7, 11) is 0. The number of ketones is 1. The molecule has 1 aromatic heterocycles. The topological polar surface area (TPSA) is 50.2 Å². The van der Waals surface area contributed by atoms with Crippen molar-refractivity contribution in [2.45, 2.75) is 40.0 Å². The van der Waals surface area contributed by atoms with E-state index in [9.17, 15) is 9.90 Å². The quantitative estimate of drug-likeness (QED) is 0.592. The van der Waals surface area contributed by atoms with Gasteiger partial charge >= 0.3 is 0 Å². The van der Waals surface area contributed by atoms with Crippen molar-refractivity contribution in [1.29, 1.82) is 0 Å². The zero-order valence-corrected chi connectivity index (χ0v) is 14.6. The van der Waals surface area contributed by atoms with Crippen molar-refractivity contribution in [1.82, 2.24) is 4.98 Å². The van der Waals surface area contributed by atoms with Crippen molar-refractivity contribution in [3.05, 3.63) is 66.1 Å². The summed E-state index contributed by atoms with van der Waals surface area (Å²) >= 11 is 0. The van der Waals surface area contributed by atoms with Crippen molar-refractivity contribution in [3.8, 4) is 11.3 Å². The Balaban J connectivity index is 1.93. The molecule has 3 heteroatoms. The second-order valence-electron chi connectivity index (χ2n) is 6.98. The first-order valence-corrected chi connectivity index (χ1v) is 8.31. The van der Waals surface area contributed by atoms with E-state index >= 15 is 0 Å². The Labute approximate surface area is 144 Å². The molecule has 0 amide bonds. The highest BCUT2D eigenvalue weighted by Crippen LogP contribution is 2.22. The number of hydrogen-bond acceptors (Lipinski definition) is 3. The Morgan fingerprint density at radius 2 is 1.79 bits per heavy atom. The number of carbonyl (C=O) groups is 1. The number of carbonyl (C=O) groups excluding carboxylic acids is 1. The Bertz CT molecular complexity index is 712. The SMILES string of the molecule is CC(C)(C)C(O)=CC(=O)CCCc1cccc(-c2ccccc2)n1. The second-order valence-corrected chi connectivity index (χ2v) is 6.98. The molecule has 1 aromatic carbocycles. The number of rotatable bonds is 6. The number of nitrogens with zero attached hydrogens (tertiary/aromatic N) is 1. The van der Waals surface area contributed by atoms with Crippen molar-refractivity contribution in [2.24, 2.45) is 5.41 Å². The molecule has 0 bridgehead atoms. The van der Waals surface area contributed by atoms with Gasteiger partial charge in [0.05, 0.1) is 5.69 Å². The van der Waals surface area contributed by atoms with Gasteiger partial charge in [0.2, 0.25) is 0 Å². The highest BCUT2D eigenvalue weighted by molar-refractivity contribution is 5.90. The molecular formula is C21H25NO2. The summed E-state index contributed by atoms with van der Waals surface area (Å²) in [6, 6.07) is 16.0. The minimum Gasteiger partial charge on any atom is -0.512 e. The molecule has 0 fully saturated rings. The third-order valence-electron chi connectivity index (χ3n) is 3.80. The van der Waals surface area contributed by atoms with Gasteiger partial charge in [0, 0.05) is 29.2 Å². The third-order valence-corrected chi connectivity index (χ3v) is 3.80. The van der Waals surface area contributed by atoms with Crippen molar-refractivity contribution >= 4 is 5.78 Å². The first kappa shape index (κ1) is 17.9. The minimum absolute atomic E-state index is 0.0401. The monoisotopic (exact) mass is 323 g/mol. The zero-order chi connectivity index (χ0) is 17.6. The van der Waals surface area contributed by atoms with Crippen LogP contribution < -0.4 is 0 Å². The number of benzene rings is 1. The lowest BCUT2D eigenvalue weighted by atomic mass is 9.93. The molecule has 126 valence electrons. The summed E-state index contributed by atoms with van der Waals surface area (Å²) in [5.41, 5.74) is 2.63. The van der Waals surface area contributed by atoms with Crippen LogP contribution in [0.25, 0.3) is 11.3 Å². The number of aliphatic hydroxyl groups is 1. The molecule has 2 rings (SSSR count). The van der Waals surface area contributed by atoms with Crippen LogP contribution in [-0.4, -0.2) is 15.9 Å². The lowest BCUT2D eigenvalue weighted by Gasteiger charge is -2.16. The highest BCUT2D eigenvalue weighted by Gasteiger charge is 2.17. The van der Waals surface area contributed by atoms with Gasteiger partial charge in [-0.3, -0.25) is 9.78 Å². The number of hydrogen-bond donors (Lipinski definition) is 1. The molecule has 0 aliphatic rings. The predicted octanol–water partition coefficient (Wildman–Crippen LogP) is 5.13. The normalized spacial score (nSPS) is 12.2. The molecule has 0 saturated heterocycles. The smallest absolute Gasteiger partial charge is 0.159 e. The molecule has 1 heterocycles. The number of aromatic nitrogens is 1. The number of pyridine rings is 1. The molecule has 0 unspecified atom stereocenters. The van der Waals surface area contributed by atoms with Crippen LogP contribution in [0.15, 0.2) is 60.4 Å². The highest BCUT2D eigenvalue weighted by atomic mass is 16.3. The summed E-state index contributed by atoms with van der Waals surface area (Å²) in [6.45, 7) is 5.64. The van der Waals surface area contributed by atoms with Crippen molar-refractivity contribution in [2.75, 3.05) is 0 Å². The molecule has 0 spiro atoms. The second kappa shape index (κ2) is 7.91. The zero-order valence-electron chi connectivity index (χ0n) is 14.6. The number of aryl methyl sites for hydroxylation is 1. The maximum Gasteiger partial charge on any atom is 0.159 e. The van der Waals surface area contributed by atoms with E-state index in [0.717, 1.165) is 29.8 Å². The van der Waals surface area contributed by atoms with Gasteiger partial charge in [0.15, 0.2) is 5.78 Å². The Hall–Kier alpha value is -2.42. The third kappa shape index (κ3) is 5.34. The molecule has 0 radical (unpaired) electrons. The summed E-state index contributed by atoms with van der Waals surface area (Å²) in [4.78, 5) is 16.6. The van der Waals surface area contributed by atoms with Gasteiger partial charge in [-0.05, 0) is 25.0 Å². The van der Waals surface area contributed by atoms with E-state index in [4.69, 9.17) is 0 Å². The van der Waals surface area contributed by atoms with Gasteiger partial charge in [0.25, 0.3) is 0 Å². The van der Waals surface area contributed by atoms with Gasteiger partial charge in [0.1, 0.15) is 5.76 Å². The molecule has 0 aliphatic heterocycles. The molecule has 1 N–H and O–H groups in total. The van der Waals surface area contributed by atoms with Crippen LogP contribution in [0.2, 0.25) is 0 Å². The molecule has 0 saturated carbocycles. The van der Waals surface area contributed by atoms with E-state index in [1.54, 1.807) is 0 Å². The largest absolute Gasteiger partial charge is 0.512 e. The van der Waals surface area contributed by atoms with E-state index in [1.165, 1.54) is 6.08 Å². The maximum atomic E-state index is 11.9. The van der Waals surface area contributed by atoms with Gasteiger partial charge in [-0.15, -0.1) is 0 Å². The number of allylic oxidation sites excluding steroid dienone is 2. The predicted molar refractivity (Wildman–Crippen MR) is 97.8 cm³/mol. The fourth-order valence-corrected chi connectivity index (χ4v) is 2.27. The van der Waals surface area contributed by atoms with E-state index < -0.39 is 0 Å². The molecular weight excluding hydrogens is 298 g/mol. The van der Waals surface area contributed by atoms with Gasteiger partial charge in [-0.2, -0.15) is 0 Å². The molecule has 3 nitrogen and oxygen atoms in total. The lowest BCUT2D eigenvalue weighted by molar-refractivity contribution is -0.114. The number of aliphatic hydroxyl groups excluding tert-OH is 1. The maximum absolute atomic E-state index is 11.9. The Kier molecular flexibility index (Phi) is 5.91. The first-order valence-electron chi connectivity index (χ1n) is 8.31. The summed E-state index contributed by atoms with van der Waals surface area (Å²) in [5.74, 6) is 0.0957. The van der Waals surface area contributed by atoms with Crippen LogP contribution in [0.4, 0.5) is 0 Å². The van der Waals surface area contributed by atoms with Crippen molar-refractivity contribution in [3.63, 3.8) is 0 Å². The van der Waals surface area contributed by atoms with Crippen LogP contribution in [0, 0.1) is 5.41 Å². The Morgan fingerprint density at radius 1 is 1.08 bits per heavy atom. The summed E-state index contributed by atoms with van der Waals surface area (Å²) in [6.07, 6.45) is 3.24. The fourth-order valence-electron chi connectivity index (χ4n) is 2.27. The van der Waals surface area contributed by atoms with E-state index in [2.05, 4.69) is 4.98 Å². The van der Waals surface area contributed by atoms with E-state index in [0.29, 0.717) is 6.42 Å². The molecule has 24 heavy (non-hydrogen) atoms. The fraction of sp³-hybridized carbons (Fsp3) is 0.333. The van der Waals surface area contributed by atoms with Gasteiger partial charge < -0.3 is 5.11 Å². The minimum atomic E-state index is -0.388. The van der Waals surface area contributed by atoms with Crippen molar-refractivity contribution < 1.29 is 9.90 Å². The van der Waals surface area contributed by atoms with E-state index in [1.807, 2.05) is 69.3 Å². The standard InChI is InChI=1S/C21H25NO2/c1-21(2,3)20(24)15-18(23)13-7-11-17-12-8-14-19(22-17)16-9-5-4-6-10-16/h4-6,8-10,12,14-15,24H,7,11,13H2,1-3H3. The van der Waals surface area contributed by atoms with Gasteiger partial charge in [-0.25, -0.2) is 0 Å². The molecule has 0 atom stereocenters. The first-order chi connectivity index (χ1) is 11.4. The summed E-state index contributed by atoms with van der Waals surface area (Å²) < 4.78 is 0. The van der Waals surface area contributed by atoms with Crippen LogP contribution in [0.5, 0.6) is 0 Å². The average Bonchev–Trinajstić information content (AvgIpc) is 2.55. The van der Waals surface area contributed by atoms with Crippen LogP contribution >= 0.6 is 0 Å².